The number of ether oxygens (including phenoxy) is 1. The lowest BCUT2D eigenvalue weighted by Gasteiger charge is -2.19. The van der Waals surface area contributed by atoms with Crippen LogP contribution in [0.3, 0.4) is 0 Å². The molecule has 0 bridgehead atoms. The normalized spacial score (nSPS) is 10.3. The zero-order chi connectivity index (χ0) is 15.8. The van der Waals surface area contributed by atoms with Crippen LogP contribution in [0.5, 0.6) is 0 Å². The van der Waals surface area contributed by atoms with Crippen LogP contribution in [0.4, 0.5) is 10.5 Å². The van der Waals surface area contributed by atoms with Crippen molar-refractivity contribution in [3.8, 4) is 0 Å². The van der Waals surface area contributed by atoms with Crippen molar-refractivity contribution < 1.29 is 9.53 Å². The summed E-state index contributed by atoms with van der Waals surface area (Å²) in [5.41, 5.74) is 3.17. The number of carbonyl (C=O) groups excluding carboxylic acids is 1. The van der Waals surface area contributed by atoms with Gasteiger partial charge in [-0.05, 0) is 23.6 Å². The number of rotatable bonds is 6. The minimum Gasteiger partial charge on any atom is -0.383 e. The minimum absolute atomic E-state index is 0.127. The third-order valence-electron chi connectivity index (χ3n) is 3.47. The standard InChI is InChI=1S/C18H22N2O2/c1-20(12-13-22-2)18(21)19-17-11-7-6-10-16(17)14-15-8-4-3-5-9-15/h3-11H,12-14H2,1-2H3,(H,19,21). The van der Waals surface area contributed by atoms with Crippen LogP contribution in [0.1, 0.15) is 11.1 Å². The number of methoxy groups -OCH3 is 1. The fraction of sp³-hybridized carbons (Fsp3) is 0.278. The largest absolute Gasteiger partial charge is 0.383 e. The number of para-hydroxylation sites is 1. The molecule has 4 nitrogen and oxygen atoms in total. The van der Waals surface area contributed by atoms with Crippen LogP contribution >= 0.6 is 0 Å². The Morgan fingerprint density at radius 1 is 1.09 bits per heavy atom. The van der Waals surface area contributed by atoms with E-state index in [1.54, 1.807) is 19.1 Å². The first-order valence-corrected chi connectivity index (χ1v) is 7.33. The Labute approximate surface area is 131 Å². The summed E-state index contributed by atoms with van der Waals surface area (Å²) in [5.74, 6) is 0. The summed E-state index contributed by atoms with van der Waals surface area (Å²) in [7, 11) is 3.38. The van der Waals surface area contributed by atoms with Crippen molar-refractivity contribution in [3.05, 3.63) is 65.7 Å². The van der Waals surface area contributed by atoms with E-state index in [1.807, 2.05) is 42.5 Å². The van der Waals surface area contributed by atoms with Crippen LogP contribution in [0.2, 0.25) is 0 Å². The van der Waals surface area contributed by atoms with Crippen LogP contribution in [0.25, 0.3) is 0 Å². The molecule has 0 aliphatic heterocycles. The van der Waals surface area contributed by atoms with Crippen molar-refractivity contribution in [2.24, 2.45) is 0 Å². The Hall–Kier alpha value is -2.33. The van der Waals surface area contributed by atoms with Crippen LogP contribution < -0.4 is 5.32 Å². The summed E-state index contributed by atoms with van der Waals surface area (Å²) >= 11 is 0. The first-order chi connectivity index (χ1) is 10.7. The molecular formula is C18H22N2O2. The van der Waals surface area contributed by atoms with Gasteiger partial charge in [-0.3, -0.25) is 0 Å². The van der Waals surface area contributed by atoms with Gasteiger partial charge < -0.3 is 15.0 Å². The van der Waals surface area contributed by atoms with Crippen molar-refractivity contribution in [1.29, 1.82) is 0 Å². The highest BCUT2D eigenvalue weighted by Crippen LogP contribution is 2.19. The molecule has 0 spiro atoms. The molecule has 2 aromatic rings. The first kappa shape index (κ1) is 16.0. The van der Waals surface area contributed by atoms with Crippen molar-refractivity contribution >= 4 is 11.7 Å². The second kappa shape index (κ2) is 8.20. The van der Waals surface area contributed by atoms with Crippen LogP contribution in [0.15, 0.2) is 54.6 Å². The average molecular weight is 298 g/mol. The summed E-state index contributed by atoms with van der Waals surface area (Å²) in [4.78, 5) is 13.8. The third-order valence-corrected chi connectivity index (χ3v) is 3.47. The van der Waals surface area contributed by atoms with E-state index in [9.17, 15) is 4.79 Å². The monoisotopic (exact) mass is 298 g/mol. The summed E-state index contributed by atoms with van der Waals surface area (Å²) < 4.78 is 4.99. The lowest BCUT2D eigenvalue weighted by molar-refractivity contribution is 0.165. The molecule has 0 saturated heterocycles. The lowest BCUT2D eigenvalue weighted by atomic mass is 10.0. The Bertz CT molecular complexity index is 599. The Morgan fingerprint density at radius 2 is 1.77 bits per heavy atom. The van der Waals surface area contributed by atoms with E-state index in [0.717, 1.165) is 17.7 Å². The highest BCUT2D eigenvalue weighted by atomic mass is 16.5. The number of carbonyl (C=O) groups is 1. The van der Waals surface area contributed by atoms with Gasteiger partial charge in [-0.2, -0.15) is 0 Å². The van der Waals surface area contributed by atoms with Gasteiger partial charge in [0, 0.05) is 26.4 Å². The van der Waals surface area contributed by atoms with E-state index in [4.69, 9.17) is 4.74 Å². The number of hydrogen-bond acceptors (Lipinski definition) is 2. The molecule has 2 aromatic carbocycles. The average Bonchev–Trinajstić information content (AvgIpc) is 2.55. The molecule has 1 N–H and O–H groups in total. The van der Waals surface area contributed by atoms with Crippen molar-refractivity contribution in [1.82, 2.24) is 4.90 Å². The van der Waals surface area contributed by atoms with Gasteiger partial charge >= 0.3 is 6.03 Å². The van der Waals surface area contributed by atoms with E-state index in [0.29, 0.717) is 13.2 Å². The summed E-state index contributed by atoms with van der Waals surface area (Å²) in [6, 6.07) is 18.0. The van der Waals surface area contributed by atoms with Gasteiger partial charge in [0.05, 0.1) is 6.61 Å². The molecule has 0 atom stereocenters. The van der Waals surface area contributed by atoms with E-state index in [2.05, 4.69) is 17.4 Å². The zero-order valence-electron chi connectivity index (χ0n) is 13.1. The van der Waals surface area contributed by atoms with Crippen LogP contribution in [0, 0.1) is 0 Å². The molecule has 0 aromatic heterocycles. The SMILES string of the molecule is COCCN(C)C(=O)Nc1ccccc1Cc1ccccc1. The fourth-order valence-electron chi connectivity index (χ4n) is 2.15. The second-order valence-corrected chi connectivity index (χ2v) is 5.16. The van der Waals surface area contributed by atoms with E-state index < -0.39 is 0 Å². The minimum atomic E-state index is -0.127. The molecule has 0 aliphatic carbocycles. The van der Waals surface area contributed by atoms with E-state index in [1.165, 1.54) is 5.56 Å². The van der Waals surface area contributed by atoms with Crippen LogP contribution in [-0.4, -0.2) is 38.2 Å². The van der Waals surface area contributed by atoms with Crippen molar-refractivity contribution in [2.45, 2.75) is 6.42 Å². The molecular weight excluding hydrogens is 276 g/mol. The number of urea groups is 1. The summed E-state index contributed by atoms with van der Waals surface area (Å²) in [5, 5.41) is 2.97. The van der Waals surface area contributed by atoms with Gasteiger partial charge in [0.25, 0.3) is 0 Å². The first-order valence-electron chi connectivity index (χ1n) is 7.33. The van der Waals surface area contributed by atoms with Gasteiger partial charge in [-0.1, -0.05) is 48.5 Å². The molecule has 116 valence electrons. The number of nitrogens with one attached hydrogen (secondary N) is 1. The van der Waals surface area contributed by atoms with Gasteiger partial charge in [-0.15, -0.1) is 0 Å². The molecule has 0 fully saturated rings. The molecule has 0 aliphatic rings. The zero-order valence-corrected chi connectivity index (χ0v) is 13.1. The van der Waals surface area contributed by atoms with Crippen LogP contribution in [-0.2, 0) is 11.2 Å². The lowest BCUT2D eigenvalue weighted by Crippen LogP contribution is -2.34. The topological polar surface area (TPSA) is 41.6 Å². The second-order valence-electron chi connectivity index (χ2n) is 5.16. The fourth-order valence-corrected chi connectivity index (χ4v) is 2.15. The Morgan fingerprint density at radius 3 is 2.50 bits per heavy atom. The molecule has 0 saturated carbocycles. The van der Waals surface area contributed by atoms with Crippen molar-refractivity contribution in [2.75, 3.05) is 32.6 Å². The molecule has 22 heavy (non-hydrogen) atoms. The number of amides is 2. The number of anilines is 1. The maximum atomic E-state index is 12.2. The van der Waals surface area contributed by atoms with Gasteiger partial charge in [0.2, 0.25) is 0 Å². The molecule has 0 heterocycles. The van der Waals surface area contributed by atoms with Gasteiger partial charge in [0.1, 0.15) is 0 Å². The Kier molecular flexibility index (Phi) is 5.98. The molecule has 0 radical (unpaired) electrons. The highest BCUT2D eigenvalue weighted by molar-refractivity contribution is 5.90. The quantitative estimate of drug-likeness (QED) is 0.888. The molecule has 2 amide bonds. The summed E-state index contributed by atoms with van der Waals surface area (Å²) in [6.45, 7) is 1.08. The molecule has 0 unspecified atom stereocenters. The van der Waals surface area contributed by atoms with E-state index >= 15 is 0 Å². The maximum Gasteiger partial charge on any atom is 0.321 e. The molecule has 2 rings (SSSR count). The third kappa shape index (κ3) is 4.60. The van der Waals surface area contributed by atoms with Gasteiger partial charge in [-0.25, -0.2) is 4.79 Å². The smallest absolute Gasteiger partial charge is 0.321 e. The summed E-state index contributed by atoms with van der Waals surface area (Å²) in [6.07, 6.45) is 0.791. The predicted octanol–water partition coefficient (Wildman–Crippen LogP) is 3.39. The number of hydrogen-bond donors (Lipinski definition) is 1. The highest BCUT2D eigenvalue weighted by Gasteiger charge is 2.11. The van der Waals surface area contributed by atoms with Crippen molar-refractivity contribution in [3.63, 3.8) is 0 Å². The number of benzene rings is 2. The number of likely N-dealkylation sites (N-methyl/N-ethyl adjacent to an activating group) is 1. The van der Waals surface area contributed by atoms with Gasteiger partial charge in [0.15, 0.2) is 0 Å². The number of nitrogens with zero attached hydrogens (tertiary/aromatic N) is 1. The Balaban J connectivity index is 2.06. The maximum absolute atomic E-state index is 12.2. The predicted molar refractivity (Wildman–Crippen MR) is 89.2 cm³/mol. The molecule has 4 heteroatoms. The van der Waals surface area contributed by atoms with E-state index in [-0.39, 0.29) is 6.03 Å².